The van der Waals surface area contributed by atoms with Crippen LogP contribution in [-0.4, -0.2) is 42.0 Å². The second-order valence-electron chi connectivity index (χ2n) is 3.55. The van der Waals surface area contributed by atoms with Gasteiger partial charge in [-0.1, -0.05) is 0 Å². The van der Waals surface area contributed by atoms with Crippen molar-refractivity contribution in [2.75, 3.05) is 24.6 Å². The Kier molecular flexibility index (Phi) is 4.88. The van der Waals surface area contributed by atoms with Gasteiger partial charge in [0.15, 0.2) is 0 Å². The van der Waals surface area contributed by atoms with Crippen LogP contribution in [0.3, 0.4) is 0 Å². The maximum atomic E-state index is 8.94. The van der Waals surface area contributed by atoms with E-state index in [4.69, 9.17) is 14.5 Å². The topological polar surface area (TPSA) is 49.7 Å². The SMILES string of the molecule is CCP(CC)(CC)(CC)OB(O)O. The molecule has 0 heterocycles. The minimum absolute atomic E-state index is 0.923. The van der Waals surface area contributed by atoms with E-state index in [-0.39, 0.29) is 0 Å². The molecule has 0 spiro atoms. The van der Waals surface area contributed by atoms with Gasteiger partial charge in [0.2, 0.25) is 0 Å². The summed E-state index contributed by atoms with van der Waals surface area (Å²) in [6.07, 6.45) is 3.69. The predicted octanol–water partition coefficient (Wildman–Crippen LogP) is 1.52. The van der Waals surface area contributed by atoms with Gasteiger partial charge in [0.1, 0.15) is 0 Å². The molecule has 2 N–H and O–H groups in total. The summed E-state index contributed by atoms with van der Waals surface area (Å²) in [5, 5.41) is 17.9. The summed E-state index contributed by atoms with van der Waals surface area (Å²) in [4.78, 5) is 0. The van der Waals surface area contributed by atoms with E-state index in [0.29, 0.717) is 0 Å². The zero-order valence-corrected chi connectivity index (χ0v) is 10.1. The molecule has 5 heteroatoms. The Morgan fingerprint density at radius 1 is 0.923 bits per heavy atom. The van der Waals surface area contributed by atoms with E-state index in [0.717, 1.165) is 24.6 Å². The molecule has 80 valence electrons. The van der Waals surface area contributed by atoms with Crippen LogP contribution in [0.25, 0.3) is 0 Å². The predicted molar refractivity (Wildman–Crippen MR) is 60.4 cm³/mol. The molecule has 3 nitrogen and oxygen atoms in total. The first-order chi connectivity index (χ1) is 5.97. The van der Waals surface area contributed by atoms with E-state index in [2.05, 4.69) is 27.7 Å². The van der Waals surface area contributed by atoms with E-state index in [1.807, 2.05) is 0 Å². The molecule has 0 aromatic carbocycles. The Labute approximate surface area is 81.7 Å². The Bertz CT molecular complexity index is 136. The van der Waals surface area contributed by atoms with Crippen LogP contribution in [0.1, 0.15) is 27.7 Å². The van der Waals surface area contributed by atoms with Crippen LogP contribution in [0.4, 0.5) is 0 Å². The van der Waals surface area contributed by atoms with Gasteiger partial charge in [0, 0.05) is 0 Å². The third-order valence-corrected chi connectivity index (χ3v) is 10.8. The van der Waals surface area contributed by atoms with Gasteiger partial charge in [-0.25, -0.2) is 0 Å². The van der Waals surface area contributed by atoms with Crippen molar-refractivity contribution in [1.82, 2.24) is 0 Å². The van der Waals surface area contributed by atoms with Crippen LogP contribution < -0.4 is 0 Å². The molecule has 0 bridgehead atoms. The van der Waals surface area contributed by atoms with Crippen molar-refractivity contribution in [2.45, 2.75) is 27.7 Å². The molecule has 0 aliphatic rings. The van der Waals surface area contributed by atoms with Crippen molar-refractivity contribution in [2.24, 2.45) is 0 Å². The van der Waals surface area contributed by atoms with Gasteiger partial charge in [0.25, 0.3) is 0 Å². The molecule has 0 atom stereocenters. The maximum absolute atomic E-state index is 8.94. The molecule has 13 heavy (non-hydrogen) atoms. The van der Waals surface area contributed by atoms with Crippen LogP contribution in [0.2, 0.25) is 0 Å². The molecule has 0 fully saturated rings. The van der Waals surface area contributed by atoms with Crippen LogP contribution in [-0.2, 0) is 4.44 Å². The zero-order chi connectivity index (χ0) is 10.6. The molecule has 0 rings (SSSR count). The van der Waals surface area contributed by atoms with Crippen LogP contribution in [0, 0.1) is 0 Å². The first-order valence-corrected chi connectivity index (χ1v) is 7.92. The Morgan fingerprint density at radius 3 is 1.31 bits per heavy atom. The van der Waals surface area contributed by atoms with E-state index < -0.39 is 14.2 Å². The normalized spacial score (nSPS) is 15.1. The van der Waals surface area contributed by atoms with E-state index >= 15 is 0 Å². The average molecular weight is 208 g/mol. The monoisotopic (exact) mass is 208 g/mol. The van der Waals surface area contributed by atoms with Crippen molar-refractivity contribution >= 4 is 14.2 Å². The van der Waals surface area contributed by atoms with Crippen molar-refractivity contribution in [3.05, 3.63) is 0 Å². The molecule has 0 saturated carbocycles. The summed E-state index contributed by atoms with van der Waals surface area (Å²) in [5.74, 6) is 0. The zero-order valence-electron chi connectivity index (χ0n) is 9.16. The Morgan fingerprint density at radius 2 is 1.23 bits per heavy atom. The molecule has 0 saturated heterocycles. The molecular weight excluding hydrogens is 186 g/mol. The third-order valence-electron chi connectivity index (χ3n) is 3.59. The van der Waals surface area contributed by atoms with Crippen molar-refractivity contribution in [3.63, 3.8) is 0 Å². The summed E-state index contributed by atoms with van der Waals surface area (Å²) in [6, 6.07) is 0. The molecule has 0 aromatic heterocycles. The fourth-order valence-corrected chi connectivity index (χ4v) is 5.72. The standard InChI is InChI=1S/C8H22BO3P/c1-5-13(6-2,7-3,8-4)12-9(10)11/h10-11H,5-8H2,1-4H3. The van der Waals surface area contributed by atoms with Gasteiger partial charge in [0.05, 0.1) is 0 Å². The molecular formula is C8H22BO3P. The van der Waals surface area contributed by atoms with Gasteiger partial charge in [-0.15, -0.1) is 0 Å². The third kappa shape index (κ3) is 2.66. The van der Waals surface area contributed by atoms with E-state index in [1.165, 1.54) is 0 Å². The van der Waals surface area contributed by atoms with Crippen LogP contribution >= 0.6 is 6.83 Å². The van der Waals surface area contributed by atoms with E-state index in [1.54, 1.807) is 0 Å². The molecule has 0 amide bonds. The van der Waals surface area contributed by atoms with Gasteiger partial charge in [-0.3, -0.25) is 0 Å². The second kappa shape index (κ2) is 4.74. The van der Waals surface area contributed by atoms with E-state index in [9.17, 15) is 0 Å². The fourth-order valence-electron chi connectivity index (χ4n) is 1.91. The second-order valence-corrected chi connectivity index (χ2v) is 10.0. The van der Waals surface area contributed by atoms with Crippen molar-refractivity contribution in [3.8, 4) is 0 Å². The summed E-state index contributed by atoms with van der Waals surface area (Å²) in [7, 11) is -1.61. The summed E-state index contributed by atoms with van der Waals surface area (Å²) >= 11 is 0. The Hall–Kier alpha value is 0.375. The van der Waals surface area contributed by atoms with Gasteiger partial charge < -0.3 is 0 Å². The first-order valence-electron chi connectivity index (χ1n) is 5.03. The summed E-state index contributed by atoms with van der Waals surface area (Å²) < 4.78 is 5.46. The first kappa shape index (κ1) is 13.4. The minimum atomic E-state index is -2.27. The average Bonchev–Trinajstić information content (AvgIpc) is 2.15. The van der Waals surface area contributed by atoms with Crippen LogP contribution in [0.15, 0.2) is 0 Å². The molecule has 0 aromatic rings. The molecule has 0 aliphatic heterocycles. The fraction of sp³-hybridized carbons (Fsp3) is 1.00. The number of rotatable bonds is 6. The van der Waals surface area contributed by atoms with Gasteiger partial charge in [-0.05, 0) is 0 Å². The summed E-state index contributed by atoms with van der Waals surface area (Å²) in [5.41, 5.74) is 0. The molecule has 0 aliphatic carbocycles. The van der Waals surface area contributed by atoms with Crippen molar-refractivity contribution in [1.29, 1.82) is 0 Å². The number of hydrogen-bond acceptors (Lipinski definition) is 3. The van der Waals surface area contributed by atoms with Gasteiger partial charge in [-0.2, -0.15) is 0 Å². The number of hydrogen-bond donors (Lipinski definition) is 2. The Balaban J connectivity index is 4.83. The van der Waals surface area contributed by atoms with Crippen LogP contribution in [0.5, 0.6) is 0 Å². The molecule has 0 radical (unpaired) electrons. The quantitative estimate of drug-likeness (QED) is 0.513. The van der Waals surface area contributed by atoms with Gasteiger partial charge >= 0.3 is 81.0 Å². The van der Waals surface area contributed by atoms with Crippen molar-refractivity contribution < 1.29 is 14.5 Å². The summed E-state index contributed by atoms with van der Waals surface area (Å²) in [6.45, 7) is 6.05. The molecule has 0 unspecified atom stereocenters.